The van der Waals surface area contributed by atoms with Crippen LogP contribution in [-0.2, 0) is 9.84 Å². The molecule has 1 aromatic heterocycles. The number of hydrogen-bond acceptors (Lipinski definition) is 4. The summed E-state index contributed by atoms with van der Waals surface area (Å²) < 4.78 is 23.3. The maximum Gasteiger partial charge on any atom is 0.149 e. The number of sulfone groups is 1. The van der Waals surface area contributed by atoms with Gasteiger partial charge in [-0.25, -0.2) is 8.42 Å². The highest BCUT2D eigenvalue weighted by atomic mass is 32.2. The number of aromatic nitrogens is 1. The molecule has 4 nitrogen and oxygen atoms in total. The van der Waals surface area contributed by atoms with Crippen LogP contribution in [0.4, 0.5) is 0 Å². The summed E-state index contributed by atoms with van der Waals surface area (Å²) in [6.45, 7) is 2.84. The van der Waals surface area contributed by atoms with Gasteiger partial charge in [0.1, 0.15) is 9.84 Å². The van der Waals surface area contributed by atoms with Gasteiger partial charge in [-0.2, -0.15) is 0 Å². The monoisotopic (exact) mass is 292 g/mol. The third-order valence-electron chi connectivity index (χ3n) is 3.15. The zero-order valence-electron chi connectivity index (χ0n) is 11.8. The maximum atomic E-state index is 11.7. The SMILES string of the molecule is CCCNC(CS(C)(=O)=O)c1cccc2cccnc12. The lowest BCUT2D eigenvalue weighted by atomic mass is 10.0. The molecule has 0 fully saturated rings. The molecule has 1 heterocycles. The van der Waals surface area contributed by atoms with E-state index in [1.807, 2.05) is 30.3 Å². The molecule has 0 aliphatic rings. The Bertz CT molecular complexity index is 678. The molecule has 2 rings (SSSR count). The Morgan fingerprint density at radius 1 is 1.25 bits per heavy atom. The molecule has 1 N–H and O–H groups in total. The van der Waals surface area contributed by atoms with Gasteiger partial charge in [0.2, 0.25) is 0 Å². The van der Waals surface area contributed by atoms with Gasteiger partial charge in [0.05, 0.1) is 11.3 Å². The van der Waals surface area contributed by atoms with Crippen molar-refractivity contribution >= 4 is 20.7 Å². The third kappa shape index (κ3) is 3.77. The second-order valence-corrected chi connectivity index (χ2v) is 7.21. The Morgan fingerprint density at radius 3 is 2.70 bits per heavy atom. The fourth-order valence-corrected chi connectivity index (χ4v) is 3.19. The van der Waals surface area contributed by atoms with Crippen molar-refractivity contribution in [3.8, 4) is 0 Å². The van der Waals surface area contributed by atoms with Gasteiger partial charge in [-0.3, -0.25) is 4.98 Å². The first-order valence-corrected chi connectivity index (χ1v) is 8.82. The number of nitrogens with one attached hydrogen (secondary N) is 1. The number of hydrogen-bond donors (Lipinski definition) is 1. The van der Waals surface area contributed by atoms with Crippen LogP contribution in [0, 0.1) is 0 Å². The van der Waals surface area contributed by atoms with Crippen LogP contribution in [0.1, 0.15) is 24.9 Å². The van der Waals surface area contributed by atoms with Crippen molar-refractivity contribution in [2.24, 2.45) is 0 Å². The molecule has 20 heavy (non-hydrogen) atoms. The first-order chi connectivity index (χ1) is 9.51. The molecule has 5 heteroatoms. The molecule has 0 saturated carbocycles. The Kier molecular flexibility index (Phi) is 4.73. The fourth-order valence-electron chi connectivity index (χ4n) is 2.29. The van der Waals surface area contributed by atoms with Gasteiger partial charge in [-0.1, -0.05) is 31.2 Å². The minimum atomic E-state index is -3.06. The second-order valence-electron chi connectivity index (χ2n) is 5.02. The average molecular weight is 292 g/mol. The molecule has 1 unspecified atom stereocenters. The second kappa shape index (κ2) is 6.33. The number of para-hydroxylation sites is 1. The van der Waals surface area contributed by atoms with Crippen LogP contribution in [0.25, 0.3) is 10.9 Å². The van der Waals surface area contributed by atoms with Crippen molar-refractivity contribution in [1.29, 1.82) is 0 Å². The van der Waals surface area contributed by atoms with Crippen LogP contribution < -0.4 is 5.32 Å². The highest BCUT2D eigenvalue weighted by Gasteiger charge is 2.19. The molecule has 0 amide bonds. The predicted molar refractivity (Wildman–Crippen MR) is 82.5 cm³/mol. The summed E-state index contributed by atoms with van der Waals surface area (Å²) in [5.41, 5.74) is 1.81. The normalized spacial score (nSPS) is 13.5. The molecule has 0 spiro atoms. The molecule has 1 aromatic carbocycles. The lowest BCUT2D eigenvalue weighted by Crippen LogP contribution is -2.28. The van der Waals surface area contributed by atoms with Gasteiger partial charge in [-0.15, -0.1) is 0 Å². The van der Waals surface area contributed by atoms with Crippen LogP contribution >= 0.6 is 0 Å². The van der Waals surface area contributed by atoms with Crippen molar-refractivity contribution in [2.75, 3.05) is 18.6 Å². The van der Waals surface area contributed by atoms with Gasteiger partial charge in [-0.05, 0) is 24.6 Å². The van der Waals surface area contributed by atoms with E-state index in [-0.39, 0.29) is 11.8 Å². The molecule has 108 valence electrons. The summed E-state index contributed by atoms with van der Waals surface area (Å²) in [6, 6.07) is 9.54. The van der Waals surface area contributed by atoms with Crippen molar-refractivity contribution in [3.63, 3.8) is 0 Å². The smallest absolute Gasteiger partial charge is 0.149 e. The molecular weight excluding hydrogens is 272 g/mol. The fraction of sp³-hybridized carbons (Fsp3) is 0.400. The predicted octanol–water partition coefficient (Wildman–Crippen LogP) is 2.32. The zero-order valence-corrected chi connectivity index (χ0v) is 12.7. The van der Waals surface area contributed by atoms with E-state index in [0.29, 0.717) is 0 Å². The molecule has 0 aliphatic carbocycles. The minimum absolute atomic E-state index is 0.0860. The standard InChI is InChI=1S/C15H20N2O2S/c1-3-9-16-14(11-20(2,18)19)13-8-4-6-12-7-5-10-17-15(12)13/h4-8,10,14,16H,3,9,11H2,1-2H3. The average Bonchev–Trinajstić information content (AvgIpc) is 2.41. The molecular formula is C15H20N2O2S. The Labute approximate surface area is 120 Å². The number of benzene rings is 1. The molecule has 1 atom stereocenters. The highest BCUT2D eigenvalue weighted by Crippen LogP contribution is 2.23. The van der Waals surface area contributed by atoms with Crippen molar-refractivity contribution in [2.45, 2.75) is 19.4 Å². The summed E-state index contributed by atoms with van der Waals surface area (Å²) in [4.78, 5) is 4.41. The zero-order chi connectivity index (χ0) is 14.6. The van der Waals surface area contributed by atoms with E-state index < -0.39 is 9.84 Å². The van der Waals surface area contributed by atoms with Crippen LogP contribution in [0.5, 0.6) is 0 Å². The van der Waals surface area contributed by atoms with E-state index in [1.165, 1.54) is 6.26 Å². The largest absolute Gasteiger partial charge is 0.309 e. The molecule has 0 radical (unpaired) electrons. The Morgan fingerprint density at radius 2 is 2.00 bits per heavy atom. The summed E-state index contributed by atoms with van der Waals surface area (Å²) in [7, 11) is -3.06. The topological polar surface area (TPSA) is 59.1 Å². The number of pyridine rings is 1. The van der Waals surface area contributed by atoms with Crippen LogP contribution in [0.3, 0.4) is 0 Å². The molecule has 0 aliphatic heterocycles. The van der Waals surface area contributed by atoms with Gasteiger partial charge < -0.3 is 5.32 Å². The van der Waals surface area contributed by atoms with Crippen LogP contribution in [0.15, 0.2) is 36.5 Å². The molecule has 0 saturated heterocycles. The number of fused-ring (bicyclic) bond motifs is 1. The summed E-state index contributed by atoms with van der Waals surface area (Å²) in [5.74, 6) is 0.0860. The molecule has 2 aromatic rings. The van der Waals surface area contributed by atoms with E-state index >= 15 is 0 Å². The maximum absolute atomic E-state index is 11.7. The summed E-state index contributed by atoms with van der Waals surface area (Å²) >= 11 is 0. The summed E-state index contributed by atoms with van der Waals surface area (Å²) in [5, 5.41) is 4.34. The first kappa shape index (κ1) is 14.9. The first-order valence-electron chi connectivity index (χ1n) is 6.76. The Balaban J connectivity index is 2.44. The summed E-state index contributed by atoms with van der Waals surface area (Å²) in [6.07, 6.45) is 3.97. The lowest BCUT2D eigenvalue weighted by molar-refractivity contribution is 0.551. The number of nitrogens with zero attached hydrogens (tertiary/aromatic N) is 1. The minimum Gasteiger partial charge on any atom is -0.309 e. The van der Waals surface area contributed by atoms with E-state index in [9.17, 15) is 8.42 Å². The van der Waals surface area contributed by atoms with Gasteiger partial charge in [0.25, 0.3) is 0 Å². The van der Waals surface area contributed by atoms with E-state index in [4.69, 9.17) is 0 Å². The number of rotatable bonds is 6. The highest BCUT2D eigenvalue weighted by molar-refractivity contribution is 7.90. The van der Waals surface area contributed by atoms with E-state index in [2.05, 4.69) is 17.2 Å². The van der Waals surface area contributed by atoms with E-state index in [1.54, 1.807) is 6.20 Å². The van der Waals surface area contributed by atoms with Crippen LogP contribution in [-0.4, -0.2) is 32.0 Å². The van der Waals surface area contributed by atoms with Gasteiger partial charge >= 0.3 is 0 Å². The van der Waals surface area contributed by atoms with Crippen molar-refractivity contribution in [1.82, 2.24) is 10.3 Å². The quantitative estimate of drug-likeness (QED) is 0.887. The van der Waals surface area contributed by atoms with Crippen molar-refractivity contribution in [3.05, 3.63) is 42.1 Å². The van der Waals surface area contributed by atoms with E-state index in [0.717, 1.165) is 29.4 Å². The van der Waals surface area contributed by atoms with Crippen molar-refractivity contribution < 1.29 is 8.42 Å². The Hall–Kier alpha value is -1.46. The van der Waals surface area contributed by atoms with Gasteiger partial charge in [0, 0.05) is 23.9 Å². The third-order valence-corrected chi connectivity index (χ3v) is 4.09. The van der Waals surface area contributed by atoms with Gasteiger partial charge in [0.15, 0.2) is 0 Å². The van der Waals surface area contributed by atoms with Crippen LogP contribution in [0.2, 0.25) is 0 Å². The molecule has 0 bridgehead atoms. The lowest BCUT2D eigenvalue weighted by Gasteiger charge is -2.19.